The molecule has 0 unspecified atom stereocenters. The Morgan fingerprint density at radius 2 is 1.78 bits per heavy atom. The van der Waals surface area contributed by atoms with E-state index in [2.05, 4.69) is 20.9 Å². The van der Waals surface area contributed by atoms with Gasteiger partial charge in [0.2, 0.25) is 11.8 Å². The molecule has 0 radical (unpaired) electrons. The first-order valence-electron chi connectivity index (χ1n) is 15.8. The molecule has 1 aliphatic rings. The predicted octanol–water partition coefficient (Wildman–Crippen LogP) is 0.599. The Balaban J connectivity index is 2.09. The second-order valence-corrected chi connectivity index (χ2v) is 12.0. The van der Waals surface area contributed by atoms with E-state index < -0.39 is 24.0 Å². The molecule has 0 aliphatic carbocycles. The molecule has 13 nitrogen and oxygen atoms in total. The van der Waals surface area contributed by atoms with Gasteiger partial charge in [-0.25, -0.2) is 0 Å². The van der Waals surface area contributed by atoms with E-state index in [1.54, 1.807) is 24.3 Å². The minimum Gasteiger partial charge on any atom is -0.508 e. The summed E-state index contributed by atoms with van der Waals surface area (Å²) in [6.07, 6.45) is 3.47. The van der Waals surface area contributed by atoms with Crippen molar-refractivity contribution in [3.63, 3.8) is 0 Å². The Kier molecular flexibility index (Phi) is 16.2. The lowest BCUT2D eigenvalue weighted by molar-refractivity contribution is -0.130. The summed E-state index contributed by atoms with van der Waals surface area (Å²) in [7, 11) is 0. The number of carbonyl (C=O) groups excluding carboxylic acids is 5. The van der Waals surface area contributed by atoms with Crippen molar-refractivity contribution < 1.29 is 29.1 Å². The molecule has 2 rings (SSSR count). The molecule has 0 bridgehead atoms. The van der Waals surface area contributed by atoms with Crippen molar-refractivity contribution >= 4 is 35.1 Å². The number of Topliss-reactive ketones (excluding diaryl/α,β-unsaturated/α-hetero) is 3. The largest absolute Gasteiger partial charge is 0.508 e. The normalized spacial score (nSPS) is 20.2. The van der Waals surface area contributed by atoms with Crippen LogP contribution in [0.1, 0.15) is 77.2 Å². The summed E-state index contributed by atoms with van der Waals surface area (Å²) in [6, 6.07) is 4.50. The molecule has 0 saturated carbocycles. The number of rotatable bonds is 16. The number of guanidine groups is 1. The first-order chi connectivity index (χ1) is 21.4. The third-order valence-electron chi connectivity index (χ3n) is 8.37. The molecule has 13 heteroatoms. The van der Waals surface area contributed by atoms with E-state index in [0.29, 0.717) is 45.2 Å². The van der Waals surface area contributed by atoms with Crippen LogP contribution in [0.4, 0.5) is 0 Å². The lowest BCUT2D eigenvalue weighted by atomic mass is 9.91. The van der Waals surface area contributed by atoms with Crippen molar-refractivity contribution in [1.29, 1.82) is 0 Å². The number of phenols is 1. The Hall–Kier alpha value is -3.84. The number of hydrogen-bond donors (Lipinski definition) is 7. The highest BCUT2D eigenvalue weighted by Gasteiger charge is 2.29. The van der Waals surface area contributed by atoms with Crippen LogP contribution in [-0.2, 0) is 30.4 Å². The summed E-state index contributed by atoms with van der Waals surface area (Å²) in [6.45, 7) is 4.55. The van der Waals surface area contributed by atoms with Crippen LogP contribution in [0, 0.1) is 11.8 Å². The fourth-order valence-electron chi connectivity index (χ4n) is 5.32. The SMILES string of the molecule is CC[C@H](C)[C@@H]1NC(=O)CCC(=O)CC[C@@H](C(=O)CC[C@@H](CCCN=C(N)N)CN[C@@H](Cc2ccc(O)cc2)C(N)=O)NCC1=O. The number of phenolic OH excluding ortho intramolecular Hbond substituents is 1. The van der Waals surface area contributed by atoms with E-state index in [1.807, 2.05) is 13.8 Å². The van der Waals surface area contributed by atoms with Crippen LogP contribution in [0.15, 0.2) is 29.3 Å². The summed E-state index contributed by atoms with van der Waals surface area (Å²) in [5.41, 5.74) is 17.4. The molecule has 1 aromatic carbocycles. The molecule has 1 heterocycles. The summed E-state index contributed by atoms with van der Waals surface area (Å²) in [5, 5.41) is 18.7. The number of aliphatic imine (C=N–C) groups is 1. The Bertz CT molecular complexity index is 1170. The van der Waals surface area contributed by atoms with E-state index in [4.69, 9.17) is 17.2 Å². The molecule has 250 valence electrons. The third kappa shape index (κ3) is 14.2. The van der Waals surface area contributed by atoms with E-state index in [0.717, 1.165) is 5.56 Å². The quantitative estimate of drug-likeness (QED) is 0.0764. The van der Waals surface area contributed by atoms with Crippen molar-refractivity contribution in [1.82, 2.24) is 16.0 Å². The van der Waals surface area contributed by atoms with Crippen LogP contribution in [0.2, 0.25) is 0 Å². The van der Waals surface area contributed by atoms with Gasteiger partial charge in [-0.05, 0) is 68.2 Å². The van der Waals surface area contributed by atoms with Crippen LogP contribution in [0.25, 0.3) is 0 Å². The van der Waals surface area contributed by atoms with Gasteiger partial charge in [-0.3, -0.25) is 29.0 Å². The molecular weight excluding hydrogens is 578 g/mol. The smallest absolute Gasteiger partial charge is 0.234 e. The van der Waals surface area contributed by atoms with E-state index >= 15 is 0 Å². The molecule has 0 aromatic heterocycles. The van der Waals surface area contributed by atoms with Gasteiger partial charge in [0, 0.05) is 32.2 Å². The topological polar surface area (TPSA) is 232 Å². The van der Waals surface area contributed by atoms with Gasteiger partial charge in [-0.1, -0.05) is 32.4 Å². The van der Waals surface area contributed by atoms with Crippen LogP contribution < -0.4 is 33.2 Å². The van der Waals surface area contributed by atoms with E-state index in [9.17, 15) is 29.1 Å². The highest BCUT2D eigenvalue weighted by Crippen LogP contribution is 2.18. The molecule has 2 amide bonds. The van der Waals surface area contributed by atoms with Gasteiger partial charge in [-0.2, -0.15) is 0 Å². The molecule has 5 atom stereocenters. The number of benzene rings is 1. The zero-order valence-corrected chi connectivity index (χ0v) is 26.6. The monoisotopic (exact) mass is 629 g/mol. The van der Waals surface area contributed by atoms with Crippen molar-refractivity contribution in [2.24, 2.45) is 34.0 Å². The van der Waals surface area contributed by atoms with Gasteiger partial charge >= 0.3 is 0 Å². The minimum absolute atomic E-state index is 0.00430. The number of hydrogen-bond acceptors (Lipinski definition) is 9. The van der Waals surface area contributed by atoms with Gasteiger partial charge < -0.3 is 38.3 Å². The van der Waals surface area contributed by atoms with Crippen LogP contribution >= 0.6 is 0 Å². The summed E-state index contributed by atoms with van der Waals surface area (Å²) in [4.78, 5) is 67.7. The van der Waals surface area contributed by atoms with Crippen LogP contribution in [-0.4, -0.2) is 78.0 Å². The average Bonchev–Trinajstić information content (AvgIpc) is 3.00. The molecule has 1 saturated heterocycles. The second-order valence-electron chi connectivity index (χ2n) is 12.0. The number of nitrogens with two attached hydrogens (primary N) is 3. The third-order valence-corrected chi connectivity index (χ3v) is 8.37. The maximum atomic E-state index is 13.5. The first kappa shape index (κ1) is 37.3. The molecule has 45 heavy (non-hydrogen) atoms. The first-order valence-corrected chi connectivity index (χ1v) is 15.8. The predicted molar refractivity (Wildman–Crippen MR) is 172 cm³/mol. The number of primary amides is 1. The lowest BCUT2D eigenvalue weighted by Crippen LogP contribution is -2.50. The Morgan fingerprint density at radius 1 is 1.07 bits per heavy atom. The van der Waals surface area contributed by atoms with Crippen molar-refractivity contribution in [3.8, 4) is 5.75 Å². The molecule has 1 fully saturated rings. The summed E-state index contributed by atoms with van der Waals surface area (Å²) < 4.78 is 0. The van der Waals surface area contributed by atoms with Gasteiger partial charge in [0.25, 0.3) is 0 Å². The highest BCUT2D eigenvalue weighted by molar-refractivity contribution is 5.93. The fraction of sp³-hybridized carbons (Fsp3) is 0.625. The number of aromatic hydroxyl groups is 1. The summed E-state index contributed by atoms with van der Waals surface area (Å²) >= 11 is 0. The standard InChI is InChI=1S/C32H51N7O6/c1-3-20(2)30-28(43)19-38-25(13-11-24(41)12-15-29(44)39-30)27(42)14-8-22(5-4-16-36-32(34)35)18-37-26(31(33)45)17-21-6-9-23(40)10-7-21/h6-7,9-10,20,22,25-26,30,37-38,40H,3-5,8,11-19H2,1-2H3,(H2,33,45)(H,39,44)(H4,34,35,36)/t20-,22+,25-,26-,30-/m0/s1. The van der Waals surface area contributed by atoms with Gasteiger partial charge in [-0.15, -0.1) is 0 Å². The number of ketones is 3. The average molecular weight is 630 g/mol. The maximum Gasteiger partial charge on any atom is 0.234 e. The number of carbonyl (C=O) groups is 5. The Morgan fingerprint density at radius 3 is 2.42 bits per heavy atom. The molecule has 1 aromatic rings. The number of nitrogens with one attached hydrogen (secondary N) is 3. The highest BCUT2D eigenvalue weighted by atomic mass is 16.3. The van der Waals surface area contributed by atoms with Crippen LogP contribution in [0.3, 0.4) is 0 Å². The van der Waals surface area contributed by atoms with E-state index in [-0.39, 0.29) is 85.5 Å². The number of nitrogens with zero attached hydrogens (tertiary/aromatic N) is 1. The molecule has 0 spiro atoms. The zero-order valence-electron chi connectivity index (χ0n) is 26.6. The van der Waals surface area contributed by atoms with Crippen molar-refractivity contribution in [2.75, 3.05) is 19.6 Å². The van der Waals surface area contributed by atoms with E-state index in [1.165, 1.54) is 0 Å². The second kappa shape index (κ2) is 19.5. The lowest BCUT2D eigenvalue weighted by Gasteiger charge is -2.26. The molecule has 1 aliphatic heterocycles. The van der Waals surface area contributed by atoms with Crippen molar-refractivity contribution in [2.45, 2.75) is 96.2 Å². The summed E-state index contributed by atoms with van der Waals surface area (Å²) in [5.74, 6) is -1.25. The van der Waals surface area contributed by atoms with Gasteiger partial charge in [0.15, 0.2) is 11.7 Å². The van der Waals surface area contributed by atoms with Crippen LogP contribution in [0.5, 0.6) is 5.75 Å². The maximum absolute atomic E-state index is 13.5. The number of amides is 2. The minimum atomic E-state index is -0.694. The van der Waals surface area contributed by atoms with Gasteiger partial charge in [0.05, 0.1) is 24.7 Å². The van der Waals surface area contributed by atoms with Crippen molar-refractivity contribution in [3.05, 3.63) is 29.8 Å². The zero-order chi connectivity index (χ0) is 33.4. The molecule has 10 N–H and O–H groups in total. The molecular formula is C32H51N7O6. The van der Waals surface area contributed by atoms with Gasteiger partial charge in [0.1, 0.15) is 17.3 Å². The Labute approximate surface area is 265 Å². The fourth-order valence-corrected chi connectivity index (χ4v) is 5.32.